The van der Waals surface area contributed by atoms with E-state index in [1.165, 1.54) is 44.5 Å². The highest BCUT2D eigenvalue weighted by Crippen LogP contribution is 2.64. The minimum absolute atomic E-state index is 0.487. The Kier molecular flexibility index (Phi) is 5.56. The van der Waals surface area contributed by atoms with E-state index in [1.54, 1.807) is 0 Å². The molecule has 0 radical (unpaired) electrons. The maximum atomic E-state index is 6.97. The third kappa shape index (κ3) is 3.62. The normalized spacial score (nSPS) is 13.4. The lowest BCUT2D eigenvalue weighted by Crippen LogP contribution is -2.26. The van der Waals surface area contributed by atoms with Gasteiger partial charge in [0.15, 0.2) is 17.5 Å². The average molecular weight is 638 g/mol. The van der Waals surface area contributed by atoms with Crippen LogP contribution in [0.3, 0.4) is 0 Å². The molecule has 0 fully saturated rings. The zero-order valence-electron chi connectivity index (χ0n) is 26.8. The number of rotatable bonds is 3. The first-order valence-electron chi connectivity index (χ1n) is 17.0. The predicted octanol–water partition coefficient (Wildman–Crippen LogP) is 11.1. The number of hydrogen-bond donors (Lipinski definition) is 0. The lowest BCUT2D eigenvalue weighted by atomic mass is 9.70. The number of aromatic nitrogens is 3. The molecule has 232 valence electrons. The van der Waals surface area contributed by atoms with Crippen molar-refractivity contribution in [3.8, 4) is 56.4 Å². The lowest BCUT2D eigenvalue weighted by Gasteiger charge is -2.30. The topological polar surface area (TPSA) is 51.8 Å². The van der Waals surface area contributed by atoms with E-state index in [9.17, 15) is 0 Å². The van der Waals surface area contributed by atoms with E-state index in [-0.39, 0.29) is 0 Å². The van der Waals surface area contributed by atoms with Gasteiger partial charge in [-0.2, -0.15) is 0 Å². The van der Waals surface area contributed by atoms with Gasteiger partial charge in [-0.25, -0.2) is 15.0 Å². The van der Waals surface area contributed by atoms with Crippen LogP contribution in [-0.4, -0.2) is 15.0 Å². The summed E-state index contributed by atoms with van der Waals surface area (Å²) in [6.07, 6.45) is 0. The largest absolute Gasteiger partial charge is 0.456 e. The Labute approximate surface area is 288 Å². The summed E-state index contributed by atoms with van der Waals surface area (Å²) in [6, 6.07) is 57.6. The van der Waals surface area contributed by atoms with Crippen LogP contribution in [0.5, 0.6) is 0 Å². The number of nitrogens with zero attached hydrogens (tertiary/aromatic N) is 3. The third-order valence-electron chi connectivity index (χ3n) is 10.5. The number of fused-ring (bicyclic) bond motifs is 14. The second kappa shape index (κ2) is 10.2. The summed E-state index contributed by atoms with van der Waals surface area (Å²) in [5.41, 5.74) is 14.2. The molecule has 50 heavy (non-hydrogen) atoms. The van der Waals surface area contributed by atoms with Crippen molar-refractivity contribution in [2.75, 3.05) is 0 Å². The van der Waals surface area contributed by atoms with Crippen molar-refractivity contribution >= 4 is 21.9 Å². The maximum absolute atomic E-state index is 6.97. The molecule has 7 aromatic carbocycles. The number of hydrogen-bond acceptors (Lipinski definition) is 4. The van der Waals surface area contributed by atoms with Gasteiger partial charge in [-0.05, 0) is 63.2 Å². The molecular weight excluding hydrogens is 611 g/mol. The van der Waals surface area contributed by atoms with E-state index in [4.69, 9.17) is 19.4 Å². The fraction of sp³-hybridized carbons (Fsp3) is 0.0217. The predicted molar refractivity (Wildman–Crippen MR) is 200 cm³/mol. The van der Waals surface area contributed by atoms with E-state index in [0.717, 1.165) is 38.6 Å². The molecule has 0 atom stereocenters. The SMILES string of the molecule is c1ccc(-c2nc(-c3ccccc3)nc(-c3ccc4oc5c6c(ccc5c4c3)-c3ccccc3C63c4ccccc4-c4ccccc43)n2)cc1. The summed E-state index contributed by atoms with van der Waals surface area (Å²) >= 11 is 0. The Hall–Kier alpha value is -6.65. The van der Waals surface area contributed by atoms with Gasteiger partial charge < -0.3 is 4.42 Å². The molecular formula is C46H27N3O. The summed E-state index contributed by atoms with van der Waals surface area (Å²) in [7, 11) is 0. The van der Waals surface area contributed by atoms with Crippen molar-refractivity contribution in [1.29, 1.82) is 0 Å². The van der Waals surface area contributed by atoms with Gasteiger partial charge in [0.2, 0.25) is 0 Å². The lowest BCUT2D eigenvalue weighted by molar-refractivity contribution is 0.652. The summed E-state index contributed by atoms with van der Waals surface area (Å²) in [5.74, 6) is 1.91. The molecule has 4 heteroatoms. The summed E-state index contributed by atoms with van der Waals surface area (Å²) in [4.78, 5) is 14.9. The molecule has 0 saturated carbocycles. The van der Waals surface area contributed by atoms with Crippen molar-refractivity contribution in [3.05, 3.63) is 186 Å². The molecule has 0 unspecified atom stereocenters. The van der Waals surface area contributed by atoms with Crippen molar-refractivity contribution < 1.29 is 4.42 Å². The van der Waals surface area contributed by atoms with Gasteiger partial charge >= 0.3 is 0 Å². The van der Waals surface area contributed by atoms with E-state index in [0.29, 0.717) is 17.5 Å². The molecule has 0 bridgehead atoms. The molecule has 9 aromatic rings. The molecule has 2 heterocycles. The molecule has 0 aliphatic heterocycles. The molecule has 0 amide bonds. The minimum atomic E-state index is -0.487. The van der Waals surface area contributed by atoms with Gasteiger partial charge in [-0.3, -0.25) is 0 Å². The van der Waals surface area contributed by atoms with E-state index >= 15 is 0 Å². The maximum Gasteiger partial charge on any atom is 0.164 e. The van der Waals surface area contributed by atoms with Gasteiger partial charge in [-0.1, -0.05) is 140 Å². The Morgan fingerprint density at radius 2 is 0.860 bits per heavy atom. The first-order valence-corrected chi connectivity index (χ1v) is 17.0. The van der Waals surface area contributed by atoms with E-state index in [2.05, 4.69) is 103 Å². The minimum Gasteiger partial charge on any atom is -0.456 e. The van der Waals surface area contributed by atoms with Crippen LogP contribution in [0.1, 0.15) is 22.3 Å². The van der Waals surface area contributed by atoms with Crippen molar-refractivity contribution in [1.82, 2.24) is 15.0 Å². The zero-order valence-corrected chi connectivity index (χ0v) is 26.8. The third-order valence-corrected chi connectivity index (χ3v) is 10.5. The molecule has 0 N–H and O–H groups in total. The molecule has 4 nitrogen and oxygen atoms in total. The smallest absolute Gasteiger partial charge is 0.164 e. The van der Waals surface area contributed by atoms with Gasteiger partial charge in [0.25, 0.3) is 0 Å². The fourth-order valence-corrected chi connectivity index (χ4v) is 8.49. The van der Waals surface area contributed by atoms with Crippen molar-refractivity contribution in [2.24, 2.45) is 0 Å². The van der Waals surface area contributed by atoms with Gasteiger partial charge in [0, 0.05) is 33.0 Å². The first-order chi connectivity index (χ1) is 24.8. The Balaban J connectivity index is 1.17. The van der Waals surface area contributed by atoms with Crippen molar-refractivity contribution in [3.63, 3.8) is 0 Å². The van der Waals surface area contributed by atoms with E-state index < -0.39 is 5.41 Å². The van der Waals surface area contributed by atoms with Crippen LogP contribution >= 0.6 is 0 Å². The van der Waals surface area contributed by atoms with Crippen molar-refractivity contribution in [2.45, 2.75) is 5.41 Å². The number of furan rings is 1. The summed E-state index contributed by atoms with van der Waals surface area (Å²) < 4.78 is 6.97. The van der Waals surface area contributed by atoms with Crippen LogP contribution in [0.4, 0.5) is 0 Å². The van der Waals surface area contributed by atoms with Crippen LogP contribution in [0.2, 0.25) is 0 Å². The fourth-order valence-electron chi connectivity index (χ4n) is 8.49. The Bertz CT molecular complexity index is 2700. The molecule has 2 aromatic heterocycles. The first kappa shape index (κ1) is 27.3. The molecule has 2 aliphatic rings. The number of benzene rings is 7. The van der Waals surface area contributed by atoms with Crippen LogP contribution in [-0.2, 0) is 5.41 Å². The second-order valence-electron chi connectivity index (χ2n) is 13.1. The Morgan fingerprint density at radius 1 is 0.380 bits per heavy atom. The molecule has 1 spiro atoms. The second-order valence-corrected chi connectivity index (χ2v) is 13.1. The molecule has 0 saturated heterocycles. The standard InChI is InChI=1S/C46H27N3O/c1-3-13-28(14-4-1)43-47-44(29-15-5-2-6-16-29)49-45(48-43)30-23-26-40-36(27-30)35-25-24-34-33-19-9-12-22-39(33)46(41(34)42(35)50-40)37-20-10-7-17-31(37)32-18-8-11-21-38(32)46/h1-27H. The van der Waals surface area contributed by atoms with Crippen LogP contribution < -0.4 is 0 Å². The average Bonchev–Trinajstić information content (AvgIpc) is 3.82. The quantitative estimate of drug-likeness (QED) is 0.193. The van der Waals surface area contributed by atoms with Gasteiger partial charge in [0.1, 0.15) is 11.2 Å². The highest BCUT2D eigenvalue weighted by Gasteiger charge is 2.53. The summed E-state index contributed by atoms with van der Waals surface area (Å²) in [6.45, 7) is 0. The van der Waals surface area contributed by atoms with Crippen LogP contribution in [0, 0.1) is 0 Å². The van der Waals surface area contributed by atoms with Crippen LogP contribution in [0.15, 0.2) is 168 Å². The van der Waals surface area contributed by atoms with Gasteiger partial charge in [0.05, 0.1) is 5.41 Å². The monoisotopic (exact) mass is 637 g/mol. The summed E-state index contributed by atoms with van der Waals surface area (Å²) in [5, 5.41) is 2.11. The Morgan fingerprint density at radius 3 is 1.42 bits per heavy atom. The zero-order chi connectivity index (χ0) is 32.8. The van der Waals surface area contributed by atoms with E-state index in [1.807, 2.05) is 60.7 Å². The molecule has 11 rings (SSSR count). The highest BCUT2D eigenvalue weighted by atomic mass is 16.3. The van der Waals surface area contributed by atoms with Gasteiger partial charge in [-0.15, -0.1) is 0 Å². The highest BCUT2D eigenvalue weighted by molar-refractivity contribution is 6.12. The molecule has 2 aliphatic carbocycles. The van der Waals surface area contributed by atoms with Crippen LogP contribution in [0.25, 0.3) is 78.4 Å².